The highest BCUT2D eigenvalue weighted by molar-refractivity contribution is 6.09. The van der Waals surface area contributed by atoms with Crippen LogP contribution in [0.1, 0.15) is 131 Å². The van der Waals surface area contributed by atoms with Gasteiger partial charge in [0.05, 0.1) is 35.8 Å². The summed E-state index contributed by atoms with van der Waals surface area (Å²) in [6, 6.07) is 56.8. The fraction of sp³-hybridized carbons (Fsp3) is 0.260. The monoisotopic (exact) mass is 1680 g/mol. The van der Waals surface area contributed by atoms with Crippen LogP contribution < -0.4 is 49.3 Å². The molecular weight excluding hydrogens is 1570 g/mol. The van der Waals surface area contributed by atoms with E-state index in [2.05, 4.69) is 40.7 Å². The molecule has 642 valence electrons. The molecule has 123 heavy (non-hydrogen) atoms. The first kappa shape index (κ1) is 93.9. The summed E-state index contributed by atoms with van der Waals surface area (Å²) in [5, 5.41) is 47.6. The van der Waals surface area contributed by atoms with Crippen LogP contribution in [0.3, 0.4) is 0 Å². The van der Waals surface area contributed by atoms with Gasteiger partial charge in [0, 0.05) is 182 Å². The Morgan fingerprint density at radius 1 is 0.439 bits per heavy atom. The number of hydrogen-bond acceptors (Lipinski definition) is 21. The van der Waals surface area contributed by atoms with E-state index in [9.17, 15) is 39.0 Å². The van der Waals surface area contributed by atoms with Gasteiger partial charge in [0.1, 0.15) is 67.1 Å². The molecule has 0 aromatic heterocycles. The van der Waals surface area contributed by atoms with Crippen molar-refractivity contribution in [3.63, 3.8) is 0 Å². The quantitative estimate of drug-likeness (QED) is 0.0169. The molecule has 4 aliphatic heterocycles. The van der Waals surface area contributed by atoms with Crippen molar-refractivity contribution < 1.29 is 101 Å². The number of carboxylic acid groups (broad SMARTS) is 5. The van der Waals surface area contributed by atoms with Crippen molar-refractivity contribution in [1.82, 2.24) is 9.15 Å². The number of hydrogen-bond donors (Lipinski definition) is 4. The number of nitrogens with zero attached hydrogens (tertiary/aromatic N) is 6. The zero-order chi connectivity index (χ0) is 89.9. The van der Waals surface area contributed by atoms with Crippen LogP contribution in [0.5, 0.6) is 11.5 Å². The number of likely N-dealkylation sites (N-methyl/N-ethyl adjacent to an activating group) is 3. The number of benzene rings is 9. The molecule has 0 fully saturated rings. The highest BCUT2D eigenvalue weighted by atomic mass is 16.6. The molecule has 27 nitrogen and oxygen atoms in total. The van der Waals surface area contributed by atoms with Crippen molar-refractivity contribution in [2.75, 3.05) is 98.3 Å². The average molecular weight is 1680 g/mol. The van der Waals surface area contributed by atoms with Crippen LogP contribution in [-0.2, 0) is 53.3 Å². The molecule has 0 saturated heterocycles. The molecule has 6 aliphatic rings. The molecule has 0 amide bonds. The third kappa shape index (κ3) is 23.1. The lowest BCUT2D eigenvalue weighted by Gasteiger charge is -2.37. The number of carboxylic acids is 5. The molecule has 4 N–H and O–H groups in total. The second kappa shape index (κ2) is 43.9. The molecule has 0 bridgehead atoms. The van der Waals surface area contributed by atoms with Crippen molar-refractivity contribution in [1.29, 1.82) is 0 Å². The number of ether oxygens (including phenoxy) is 5. The molecule has 0 saturated carbocycles. The summed E-state index contributed by atoms with van der Waals surface area (Å²) in [6.45, 7) is 38.2. The number of esters is 4. The molecule has 0 radical (unpaired) electrons. The molecule has 2 aliphatic carbocycles. The number of anilines is 4. The largest absolute Gasteiger partial charge is 0.545 e. The van der Waals surface area contributed by atoms with Gasteiger partial charge in [0.2, 0.25) is 10.7 Å². The third-order valence-corrected chi connectivity index (χ3v) is 19.8. The summed E-state index contributed by atoms with van der Waals surface area (Å²) in [6.07, 6.45) is 5.30. The standard InChI is InChI=1S/3C30H30N2O5.3C2H4O2/c1-5-31(6-2)21-12-14-25-27(18-21)36-28-19-22(32(7-3)16-17-35-20(4)33)13-15-26(28)30(25)24-11-9-8-10-23(24)29(34)37-30;2*1-5-31(6-2)21-12-14-25-27(18-21)37-28-19-22(32(7-3)16-17-36-20(4)33)13-15-26(28)29(25)23-10-8-9-11-24(23)30(34)35;3*1-2(3)4/h3*5,8-15,18-19H,1,6-7,16-17H2,2-4H3;3*1H3,(H,3,4)/p+1. The molecule has 27 heteroatoms. The number of carbonyl (C=O) groups excluding carboxylic acids is 5. The van der Waals surface area contributed by atoms with E-state index >= 15 is 0 Å². The van der Waals surface area contributed by atoms with Crippen molar-refractivity contribution >= 4 is 98.4 Å². The third-order valence-electron chi connectivity index (χ3n) is 19.8. The minimum absolute atomic E-state index is 0.113. The molecule has 13 rings (SSSR count). The van der Waals surface area contributed by atoms with E-state index in [0.717, 1.165) is 124 Å². The van der Waals surface area contributed by atoms with Crippen molar-refractivity contribution in [2.45, 2.75) is 88.7 Å². The molecule has 1 unspecified atom stereocenters. The molecule has 7 aromatic rings. The first-order chi connectivity index (χ1) is 58.9. The maximum atomic E-state index is 13.1. The van der Waals surface area contributed by atoms with Gasteiger partial charge in [-0.3, -0.25) is 28.8 Å². The number of carbonyl (C=O) groups is 9. The zero-order valence-corrected chi connectivity index (χ0v) is 71.1. The van der Waals surface area contributed by atoms with Crippen LogP contribution in [-0.4, -0.2) is 153 Å². The SMILES string of the molecule is C=CN(CC)c1ccc2c(-c3ccccc3C(=O)O)c3ccc(=[N+](CC)CCOC(C)=O)cc-3oc2c1.C=CN(CC)c1ccc2c(-c3ccccc3C(=O)[O-])c3ccc(=[N+](CC)CCOC(C)=O)cc-3oc2c1.C=CN(CC)c1ccc2c(c1)Oc1cc(N(CC)CCOC(C)=O)ccc1C21OC(=O)c2ccccc21.CC(=O)O.CC(=O)O.CC(=O)O. The smallest absolute Gasteiger partial charge is 0.340 e. The maximum Gasteiger partial charge on any atom is 0.340 e. The van der Waals surface area contributed by atoms with Gasteiger partial charge in [-0.05, 0) is 144 Å². The molecule has 4 heterocycles. The van der Waals surface area contributed by atoms with E-state index in [1.54, 1.807) is 55.0 Å². The van der Waals surface area contributed by atoms with Crippen LogP contribution in [0.4, 0.5) is 22.7 Å². The minimum Gasteiger partial charge on any atom is -0.545 e. The van der Waals surface area contributed by atoms with Gasteiger partial charge in [-0.15, -0.1) is 0 Å². The second-order valence-electron chi connectivity index (χ2n) is 27.7. The summed E-state index contributed by atoms with van der Waals surface area (Å²) in [5.41, 5.74) is 11.4. The van der Waals surface area contributed by atoms with E-state index in [4.69, 9.17) is 62.2 Å². The fourth-order valence-corrected chi connectivity index (χ4v) is 14.4. The highest BCUT2D eigenvalue weighted by Crippen LogP contribution is 2.57. The Labute approximate surface area is 713 Å². The molecule has 1 atom stereocenters. The molecular formula is C96H103N6O21+. The van der Waals surface area contributed by atoms with Crippen molar-refractivity contribution in [3.05, 3.63) is 264 Å². The van der Waals surface area contributed by atoms with Gasteiger partial charge in [-0.2, -0.15) is 0 Å². The van der Waals surface area contributed by atoms with E-state index < -0.39 is 35.4 Å². The Bertz CT molecular complexity index is 5570. The van der Waals surface area contributed by atoms with E-state index in [0.29, 0.717) is 90.1 Å². The fourth-order valence-electron chi connectivity index (χ4n) is 14.4. The lowest BCUT2D eigenvalue weighted by molar-refractivity contribution is -0.255. The number of aromatic carboxylic acids is 2. The lowest BCUT2D eigenvalue weighted by Crippen LogP contribution is -2.33. The number of aliphatic carboxylic acids is 3. The summed E-state index contributed by atoms with van der Waals surface area (Å²) in [4.78, 5) is 106. The van der Waals surface area contributed by atoms with Gasteiger partial charge in [-0.1, -0.05) is 80.4 Å². The topological polar surface area (TPSA) is 349 Å². The molecule has 1 spiro atoms. The minimum atomic E-state index is -1.24. The van der Waals surface area contributed by atoms with Gasteiger partial charge < -0.3 is 82.4 Å². The zero-order valence-electron chi connectivity index (χ0n) is 71.1. The lowest BCUT2D eigenvalue weighted by atomic mass is 9.77. The Hall–Kier alpha value is -14.6. The summed E-state index contributed by atoms with van der Waals surface area (Å²) in [5.74, 6) is -3.55. The van der Waals surface area contributed by atoms with E-state index in [1.165, 1.54) is 20.8 Å². The predicted octanol–water partition coefficient (Wildman–Crippen LogP) is 15.0. The van der Waals surface area contributed by atoms with Crippen LogP contribution in [0.15, 0.2) is 229 Å². The van der Waals surface area contributed by atoms with E-state index in [1.807, 2.05) is 195 Å². The number of rotatable bonds is 26. The highest BCUT2D eigenvalue weighted by Gasteiger charge is 2.53. The van der Waals surface area contributed by atoms with Gasteiger partial charge in [-0.25, -0.2) is 18.7 Å². The van der Waals surface area contributed by atoms with Crippen LogP contribution in [0, 0.1) is 0 Å². The Balaban J connectivity index is 0.000000214. The number of fused-ring (bicyclic) bond motifs is 10. The Kier molecular flexibility index (Phi) is 33.5. The van der Waals surface area contributed by atoms with Crippen LogP contribution in [0.2, 0.25) is 0 Å². The second-order valence-corrected chi connectivity index (χ2v) is 27.7. The summed E-state index contributed by atoms with van der Waals surface area (Å²) < 4.78 is 45.3. The van der Waals surface area contributed by atoms with Gasteiger partial charge in [0.15, 0.2) is 18.7 Å². The van der Waals surface area contributed by atoms with Crippen molar-refractivity contribution in [3.8, 4) is 56.4 Å². The Morgan fingerprint density at radius 2 is 0.821 bits per heavy atom. The van der Waals surface area contributed by atoms with Crippen LogP contribution >= 0.6 is 0 Å². The first-order valence-electron chi connectivity index (χ1n) is 39.9. The maximum absolute atomic E-state index is 13.1. The van der Waals surface area contributed by atoms with Crippen molar-refractivity contribution in [2.24, 2.45) is 0 Å². The van der Waals surface area contributed by atoms with Gasteiger partial charge >= 0.3 is 29.8 Å². The average Bonchev–Trinajstić information content (AvgIpc) is 1.57. The molecule has 7 aromatic carbocycles. The predicted molar refractivity (Wildman–Crippen MR) is 471 cm³/mol. The summed E-state index contributed by atoms with van der Waals surface area (Å²) in [7, 11) is 0. The Morgan fingerprint density at radius 3 is 1.23 bits per heavy atom. The van der Waals surface area contributed by atoms with E-state index in [-0.39, 0.29) is 54.8 Å². The first-order valence-corrected chi connectivity index (χ1v) is 39.9. The van der Waals surface area contributed by atoms with Crippen LogP contribution in [0.25, 0.3) is 66.8 Å². The summed E-state index contributed by atoms with van der Waals surface area (Å²) >= 11 is 0. The normalized spacial score (nSPS) is 12.8. The van der Waals surface area contributed by atoms with Gasteiger partial charge in [0.25, 0.3) is 17.9 Å².